The van der Waals surface area contributed by atoms with Crippen molar-refractivity contribution in [3.05, 3.63) is 62.8 Å². The molecule has 0 bridgehead atoms. The quantitative estimate of drug-likeness (QED) is 0.377. The van der Waals surface area contributed by atoms with Crippen LogP contribution in [0, 0.1) is 0 Å². The molecule has 0 aliphatic carbocycles. The number of carboxylic acid groups (broad SMARTS) is 1. The predicted molar refractivity (Wildman–Crippen MR) is 138 cm³/mol. The number of carbonyl (C=O) groups is 1. The number of halogens is 1. The molecule has 36 heavy (non-hydrogen) atoms. The molecular weight excluding hydrogens is 486 g/mol. The van der Waals surface area contributed by atoms with Crippen molar-refractivity contribution >= 4 is 28.7 Å². The van der Waals surface area contributed by atoms with Crippen molar-refractivity contribution in [2.24, 2.45) is 0 Å². The number of amides is 1. The average molecular weight is 516 g/mol. The molecule has 1 amide bonds. The Hall–Kier alpha value is -3.11. The number of phenols is 1. The first kappa shape index (κ1) is 26.0. The number of aromatic hydroxyl groups is 1. The van der Waals surface area contributed by atoms with Gasteiger partial charge in [-0.2, -0.15) is 0 Å². The molecule has 1 saturated heterocycles. The van der Waals surface area contributed by atoms with Crippen LogP contribution in [-0.2, 0) is 6.54 Å². The Kier molecular flexibility index (Phi) is 7.85. The number of rotatable bonds is 7. The molecule has 10 heteroatoms. The number of nitrogens with one attached hydrogen (secondary N) is 1. The normalized spacial score (nSPS) is 18.4. The van der Waals surface area contributed by atoms with E-state index in [-0.39, 0.29) is 35.6 Å². The molecule has 2 aromatic carbocycles. The number of fused-ring (bicyclic) bond motifs is 1. The molecule has 2 atom stereocenters. The standard InChI is InChI=1S/C26H30ClN3O6/c1-28-8-10-30(26(34)35)13-15-11-19(31)24-20(32)12-22(16-5-3-4-6-18(16)27)36-25(24)23(15)17-7-9-29(2)14-21(17)33/h3-6,11-12,17,21,28,31,33H,7-10,13-14H2,1-2H3,(H,34,35)/t17-,21+/m0/s1. The molecule has 1 aliphatic rings. The Bertz CT molecular complexity index is 1330. The molecule has 4 N–H and O–H groups in total. The van der Waals surface area contributed by atoms with Gasteiger partial charge in [0.25, 0.3) is 0 Å². The van der Waals surface area contributed by atoms with Crippen LogP contribution in [0.2, 0.25) is 5.02 Å². The van der Waals surface area contributed by atoms with Crippen molar-refractivity contribution in [2.75, 3.05) is 40.3 Å². The van der Waals surface area contributed by atoms with E-state index in [0.717, 1.165) is 0 Å². The predicted octanol–water partition coefficient (Wildman–Crippen LogP) is 3.30. The molecule has 1 aromatic heterocycles. The maximum absolute atomic E-state index is 13.2. The summed E-state index contributed by atoms with van der Waals surface area (Å²) in [6, 6.07) is 9.65. The largest absolute Gasteiger partial charge is 0.507 e. The zero-order valence-corrected chi connectivity index (χ0v) is 21.0. The minimum atomic E-state index is -1.12. The molecule has 2 heterocycles. The van der Waals surface area contributed by atoms with Crippen LogP contribution in [0.3, 0.4) is 0 Å². The fourth-order valence-corrected chi connectivity index (χ4v) is 5.07. The van der Waals surface area contributed by atoms with E-state index in [1.54, 1.807) is 31.3 Å². The lowest BCUT2D eigenvalue weighted by atomic mass is 9.83. The van der Waals surface area contributed by atoms with Gasteiger partial charge in [0, 0.05) is 49.3 Å². The van der Waals surface area contributed by atoms with Crippen LogP contribution in [0.15, 0.2) is 45.6 Å². The summed E-state index contributed by atoms with van der Waals surface area (Å²) in [6.45, 7) is 1.70. The zero-order valence-electron chi connectivity index (χ0n) is 20.2. The van der Waals surface area contributed by atoms with Crippen LogP contribution >= 0.6 is 11.6 Å². The minimum absolute atomic E-state index is 0.00668. The number of aliphatic hydroxyl groups excluding tert-OH is 1. The van der Waals surface area contributed by atoms with Crippen molar-refractivity contribution < 1.29 is 24.5 Å². The first-order valence-electron chi connectivity index (χ1n) is 11.8. The lowest BCUT2D eigenvalue weighted by Crippen LogP contribution is -2.41. The number of piperidine rings is 1. The molecule has 0 unspecified atom stereocenters. The van der Waals surface area contributed by atoms with E-state index >= 15 is 0 Å². The summed E-state index contributed by atoms with van der Waals surface area (Å²) >= 11 is 6.37. The topological polar surface area (TPSA) is 126 Å². The second kappa shape index (κ2) is 10.9. The number of aliphatic hydroxyl groups is 1. The van der Waals surface area contributed by atoms with Crippen LogP contribution < -0.4 is 10.7 Å². The third-order valence-corrected chi connectivity index (χ3v) is 6.99. The Morgan fingerprint density at radius 2 is 2.06 bits per heavy atom. The SMILES string of the molecule is CNCCN(Cc1cc(O)c2c(=O)cc(-c3ccccc3Cl)oc2c1[C@H]1CCN(C)C[C@H]1O)C(=O)O. The summed E-state index contributed by atoms with van der Waals surface area (Å²) in [5, 5.41) is 35.0. The van der Waals surface area contributed by atoms with Crippen molar-refractivity contribution in [2.45, 2.75) is 25.0 Å². The molecule has 9 nitrogen and oxygen atoms in total. The number of phenolic OH excluding ortho intramolecular Hbond substituents is 1. The minimum Gasteiger partial charge on any atom is -0.507 e. The third-order valence-electron chi connectivity index (χ3n) is 6.66. The highest BCUT2D eigenvalue weighted by Gasteiger charge is 2.33. The van der Waals surface area contributed by atoms with Crippen molar-refractivity contribution in [1.29, 1.82) is 0 Å². The molecule has 1 aliphatic heterocycles. The number of β-amino-alcohol motifs (C(OH)–C–C–N with tert-alkyl or cyclic N) is 1. The van der Waals surface area contributed by atoms with Gasteiger partial charge >= 0.3 is 6.09 Å². The van der Waals surface area contributed by atoms with Gasteiger partial charge in [0.2, 0.25) is 0 Å². The number of hydrogen-bond acceptors (Lipinski definition) is 7. The number of likely N-dealkylation sites (tertiary alicyclic amines) is 1. The molecule has 1 fully saturated rings. The van der Waals surface area contributed by atoms with Gasteiger partial charge in [0.1, 0.15) is 22.5 Å². The van der Waals surface area contributed by atoms with E-state index in [9.17, 15) is 24.9 Å². The number of likely N-dealkylation sites (N-methyl/N-ethyl adjacent to an activating group) is 2. The summed E-state index contributed by atoms with van der Waals surface area (Å²) in [7, 11) is 3.64. The average Bonchev–Trinajstić information content (AvgIpc) is 2.82. The molecular formula is C26H30ClN3O6. The van der Waals surface area contributed by atoms with Crippen LogP contribution in [-0.4, -0.2) is 77.6 Å². The van der Waals surface area contributed by atoms with Gasteiger partial charge in [-0.3, -0.25) is 4.79 Å². The maximum Gasteiger partial charge on any atom is 0.407 e. The third kappa shape index (κ3) is 5.19. The fourth-order valence-electron chi connectivity index (χ4n) is 4.84. The Morgan fingerprint density at radius 3 is 2.72 bits per heavy atom. The first-order valence-corrected chi connectivity index (χ1v) is 12.2. The van der Waals surface area contributed by atoms with Gasteiger partial charge in [-0.15, -0.1) is 0 Å². The Labute approximate surface area is 213 Å². The summed E-state index contributed by atoms with van der Waals surface area (Å²) in [4.78, 5) is 28.4. The second-order valence-electron chi connectivity index (χ2n) is 9.16. The second-order valence-corrected chi connectivity index (χ2v) is 9.57. The molecule has 3 aromatic rings. The van der Waals surface area contributed by atoms with Gasteiger partial charge < -0.3 is 34.9 Å². The molecule has 4 rings (SSSR count). The Balaban J connectivity index is 1.97. The van der Waals surface area contributed by atoms with E-state index in [1.165, 1.54) is 17.0 Å². The highest BCUT2D eigenvalue weighted by molar-refractivity contribution is 6.33. The van der Waals surface area contributed by atoms with Gasteiger partial charge in [-0.25, -0.2) is 4.79 Å². The maximum atomic E-state index is 13.2. The van der Waals surface area contributed by atoms with E-state index < -0.39 is 23.5 Å². The van der Waals surface area contributed by atoms with Gasteiger partial charge in [0.05, 0.1) is 11.1 Å². The van der Waals surface area contributed by atoms with E-state index in [2.05, 4.69) is 5.32 Å². The van der Waals surface area contributed by atoms with Crippen LogP contribution in [0.25, 0.3) is 22.3 Å². The summed E-state index contributed by atoms with van der Waals surface area (Å²) in [6.07, 6.45) is -1.33. The van der Waals surface area contributed by atoms with Crippen LogP contribution in [0.4, 0.5) is 4.79 Å². The molecule has 0 saturated carbocycles. The zero-order chi connectivity index (χ0) is 26.0. The number of benzene rings is 2. The smallest absolute Gasteiger partial charge is 0.407 e. The highest BCUT2D eigenvalue weighted by atomic mass is 35.5. The van der Waals surface area contributed by atoms with Crippen LogP contribution in [0.5, 0.6) is 5.75 Å². The van der Waals surface area contributed by atoms with Gasteiger partial charge in [-0.1, -0.05) is 23.7 Å². The Morgan fingerprint density at radius 1 is 1.31 bits per heavy atom. The number of nitrogens with zero attached hydrogens (tertiary/aromatic N) is 2. The highest BCUT2D eigenvalue weighted by Crippen LogP contribution is 2.40. The molecule has 0 radical (unpaired) electrons. The van der Waals surface area contributed by atoms with Crippen molar-refractivity contribution in [3.63, 3.8) is 0 Å². The van der Waals surface area contributed by atoms with E-state index in [0.29, 0.717) is 47.8 Å². The van der Waals surface area contributed by atoms with E-state index in [4.69, 9.17) is 16.0 Å². The van der Waals surface area contributed by atoms with Crippen molar-refractivity contribution in [1.82, 2.24) is 15.1 Å². The molecule has 0 spiro atoms. The summed E-state index contributed by atoms with van der Waals surface area (Å²) in [5.74, 6) is -0.503. The van der Waals surface area contributed by atoms with Gasteiger partial charge in [-0.05, 0) is 50.8 Å². The summed E-state index contributed by atoms with van der Waals surface area (Å²) in [5.41, 5.74) is 1.21. The van der Waals surface area contributed by atoms with Crippen molar-refractivity contribution in [3.8, 4) is 17.1 Å². The van der Waals surface area contributed by atoms with Crippen LogP contribution in [0.1, 0.15) is 23.5 Å². The number of hydrogen-bond donors (Lipinski definition) is 4. The first-order chi connectivity index (χ1) is 17.2. The van der Waals surface area contributed by atoms with E-state index in [1.807, 2.05) is 11.9 Å². The van der Waals surface area contributed by atoms with Gasteiger partial charge in [0.15, 0.2) is 5.43 Å². The fraction of sp³-hybridized carbons (Fsp3) is 0.385. The lowest BCUT2D eigenvalue weighted by molar-refractivity contribution is 0.0633. The molecule has 192 valence electrons. The lowest BCUT2D eigenvalue weighted by Gasteiger charge is -2.35. The summed E-state index contributed by atoms with van der Waals surface area (Å²) < 4.78 is 6.27. The monoisotopic (exact) mass is 515 g/mol.